The van der Waals surface area contributed by atoms with Gasteiger partial charge in [-0.05, 0) is 69.9 Å². The molecule has 1 amide bonds. The Labute approximate surface area is 121 Å². The molecule has 3 N–H and O–H groups in total. The standard InChI is InChI=1S/C16H27N3O/c17-15(20)11-5-6-18-16(8-11)9-14(16)12-3-4-13-2-1-7-19(13)10-12/h11-14,18H,1-10H2,(H2,17,20)/t11?,12-,13+,14?,16?/m1/s1. The zero-order valence-corrected chi connectivity index (χ0v) is 12.3. The molecule has 3 saturated heterocycles. The van der Waals surface area contributed by atoms with Gasteiger partial charge in [-0.15, -0.1) is 0 Å². The van der Waals surface area contributed by atoms with E-state index in [1.165, 1.54) is 45.2 Å². The van der Waals surface area contributed by atoms with Crippen molar-refractivity contribution in [1.82, 2.24) is 10.2 Å². The molecule has 5 atom stereocenters. The third-order valence-corrected chi connectivity index (χ3v) is 6.52. The van der Waals surface area contributed by atoms with Crippen LogP contribution < -0.4 is 11.1 Å². The molecule has 1 spiro atoms. The maximum absolute atomic E-state index is 11.5. The van der Waals surface area contributed by atoms with E-state index in [4.69, 9.17) is 5.73 Å². The average Bonchev–Trinajstić information content (AvgIpc) is 2.94. The smallest absolute Gasteiger partial charge is 0.220 e. The summed E-state index contributed by atoms with van der Waals surface area (Å²) in [6, 6.07) is 0.888. The van der Waals surface area contributed by atoms with E-state index in [9.17, 15) is 4.79 Å². The number of rotatable bonds is 2. The maximum Gasteiger partial charge on any atom is 0.220 e. The van der Waals surface area contributed by atoms with Gasteiger partial charge in [-0.25, -0.2) is 0 Å². The monoisotopic (exact) mass is 277 g/mol. The molecule has 20 heavy (non-hydrogen) atoms. The number of nitrogens with two attached hydrogens (primary N) is 1. The topological polar surface area (TPSA) is 58.4 Å². The van der Waals surface area contributed by atoms with Crippen LogP contribution in [0.1, 0.15) is 44.9 Å². The summed E-state index contributed by atoms with van der Waals surface area (Å²) in [7, 11) is 0. The molecule has 1 saturated carbocycles. The van der Waals surface area contributed by atoms with Gasteiger partial charge in [0.2, 0.25) is 5.91 Å². The Morgan fingerprint density at radius 1 is 1.20 bits per heavy atom. The second-order valence-electron chi connectivity index (χ2n) is 7.61. The molecule has 3 heterocycles. The second kappa shape index (κ2) is 4.70. The van der Waals surface area contributed by atoms with Crippen molar-refractivity contribution in [2.45, 2.75) is 56.5 Å². The van der Waals surface area contributed by atoms with Gasteiger partial charge in [-0.1, -0.05) is 0 Å². The summed E-state index contributed by atoms with van der Waals surface area (Å²) >= 11 is 0. The summed E-state index contributed by atoms with van der Waals surface area (Å²) in [5, 5.41) is 3.74. The highest BCUT2D eigenvalue weighted by Crippen LogP contribution is 2.56. The lowest BCUT2D eigenvalue weighted by Crippen LogP contribution is -2.47. The fourth-order valence-electron chi connectivity index (χ4n) is 5.33. The van der Waals surface area contributed by atoms with Crippen LogP contribution in [0.25, 0.3) is 0 Å². The lowest BCUT2D eigenvalue weighted by atomic mass is 9.83. The van der Waals surface area contributed by atoms with Gasteiger partial charge in [0.25, 0.3) is 0 Å². The largest absolute Gasteiger partial charge is 0.369 e. The van der Waals surface area contributed by atoms with E-state index in [0.717, 1.165) is 37.3 Å². The minimum absolute atomic E-state index is 0.0835. The molecule has 4 aliphatic rings. The van der Waals surface area contributed by atoms with Crippen LogP contribution in [0.15, 0.2) is 0 Å². The Balaban J connectivity index is 1.40. The molecular formula is C16H27N3O. The molecule has 0 bridgehead atoms. The predicted octanol–water partition coefficient (Wildman–Crippen LogP) is 1.10. The van der Waals surface area contributed by atoms with Gasteiger partial charge in [0, 0.05) is 24.0 Å². The summed E-state index contributed by atoms with van der Waals surface area (Å²) in [6.45, 7) is 3.60. The maximum atomic E-state index is 11.5. The number of carbonyl (C=O) groups excluding carboxylic acids is 1. The van der Waals surface area contributed by atoms with Crippen LogP contribution in [0.4, 0.5) is 0 Å². The van der Waals surface area contributed by atoms with Crippen molar-refractivity contribution in [3.63, 3.8) is 0 Å². The van der Waals surface area contributed by atoms with Crippen molar-refractivity contribution in [3.05, 3.63) is 0 Å². The third kappa shape index (κ3) is 2.08. The van der Waals surface area contributed by atoms with Crippen molar-refractivity contribution in [1.29, 1.82) is 0 Å². The highest BCUT2D eigenvalue weighted by Gasteiger charge is 2.59. The fraction of sp³-hybridized carbons (Fsp3) is 0.938. The van der Waals surface area contributed by atoms with Crippen molar-refractivity contribution in [2.75, 3.05) is 19.6 Å². The third-order valence-electron chi connectivity index (χ3n) is 6.52. The van der Waals surface area contributed by atoms with E-state index in [-0.39, 0.29) is 17.4 Å². The molecule has 4 heteroatoms. The molecule has 112 valence electrons. The number of nitrogens with zero attached hydrogens (tertiary/aromatic N) is 1. The zero-order valence-electron chi connectivity index (χ0n) is 12.3. The van der Waals surface area contributed by atoms with Crippen LogP contribution in [0.3, 0.4) is 0 Å². The minimum atomic E-state index is -0.0835. The van der Waals surface area contributed by atoms with Crippen LogP contribution in [-0.4, -0.2) is 42.0 Å². The van der Waals surface area contributed by atoms with E-state index >= 15 is 0 Å². The van der Waals surface area contributed by atoms with E-state index in [1.807, 2.05) is 0 Å². The second-order valence-corrected chi connectivity index (χ2v) is 7.61. The Hall–Kier alpha value is -0.610. The number of piperidine rings is 2. The Bertz CT molecular complexity index is 413. The zero-order chi connectivity index (χ0) is 13.7. The first kappa shape index (κ1) is 13.1. The summed E-state index contributed by atoms with van der Waals surface area (Å²) in [4.78, 5) is 14.2. The van der Waals surface area contributed by atoms with Crippen LogP contribution in [-0.2, 0) is 4.79 Å². The van der Waals surface area contributed by atoms with E-state index in [2.05, 4.69) is 10.2 Å². The molecule has 1 aliphatic carbocycles. The summed E-state index contributed by atoms with van der Waals surface area (Å²) in [6.07, 6.45) is 8.82. The first-order valence-electron chi connectivity index (χ1n) is 8.46. The van der Waals surface area contributed by atoms with Crippen molar-refractivity contribution in [3.8, 4) is 0 Å². The van der Waals surface area contributed by atoms with Gasteiger partial charge in [0.05, 0.1) is 0 Å². The molecular weight excluding hydrogens is 250 g/mol. The number of nitrogens with one attached hydrogen (secondary N) is 1. The molecule has 4 rings (SSSR count). The van der Waals surface area contributed by atoms with Gasteiger partial charge < -0.3 is 16.0 Å². The predicted molar refractivity (Wildman–Crippen MR) is 78.1 cm³/mol. The molecule has 0 aromatic rings. The van der Waals surface area contributed by atoms with Crippen molar-refractivity contribution >= 4 is 5.91 Å². The number of amides is 1. The van der Waals surface area contributed by atoms with Crippen LogP contribution >= 0.6 is 0 Å². The van der Waals surface area contributed by atoms with Gasteiger partial charge >= 0.3 is 0 Å². The molecule has 4 fully saturated rings. The number of primary amides is 1. The van der Waals surface area contributed by atoms with Gasteiger partial charge in [-0.3, -0.25) is 4.79 Å². The summed E-state index contributed by atoms with van der Waals surface area (Å²) in [5.74, 6) is 1.68. The molecule has 4 nitrogen and oxygen atoms in total. The van der Waals surface area contributed by atoms with Gasteiger partial charge in [0.15, 0.2) is 0 Å². The summed E-state index contributed by atoms with van der Waals surface area (Å²) in [5.41, 5.74) is 5.81. The van der Waals surface area contributed by atoms with Crippen LogP contribution in [0.2, 0.25) is 0 Å². The SMILES string of the molecule is NC(=O)C1CCNC2(C1)CC2[C@@H]1CC[C@@H]2CCCN2C1. The van der Waals surface area contributed by atoms with E-state index in [1.54, 1.807) is 0 Å². The molecule has 0 radical (unpaired) electrons. The average molecular weight is 277 g/mol. The lowest BCUT2D eigenvalue weighted by Gasteiger charge is -2.38. The van der Waals surface area contributed by atoms with Gasteiger partial charge in [-0.2, -0.15) is 0 Å². The van der Waals surface area contributed by atoms with Crippen LogP contribution in [0, 0.1) is 17.8 Å². The first-order chi connectivity index (χ1) is 9.68. The van der Waals surface area contributed by atoms with E-state index in [0.29, 0.717) is 0 Å². The van der Waals surface area contributed by atoms with Gasteiger partial charge in [0.1, 0.15) is 0 Å². The highest BCUT2D eigenvalue weighted by atomic mass is 16.1. The normalized spacial score (nSPS) is 48.2. The van der Waals surface area contributed by atoms with Crippen LogP contribution in [0.5, 0.6) is 0 Å². The highest BCUT2D eigenvalue weighted by molar-refractivity contribution is 5.77. The number of carbonyl (C=O) groups is 1. The van der Waals surface area contributed by atoms with E-state index < -0.39 is 0 Å². The van der Waals surface area contributed by atoms with Crippen molar-refractivity contribution < 1.29 is 4.79 Å². The summed E-state index contributed by atoms with van der Waals surface area (Å²) < 4.78 is 0. The Morgan fingerprint density at radius 3 is 2.95 bits per heavy atom. The number of fused-ring (bicyclic) bond motifs is 1. The Kier molecular flexibility index (Phi) is 3.08. The number of hydrogen-bond acceptors (Lipinski definition) is 3. The first-order valence-corrected chi connectivity index (χ1v) is 8.46. The van der Waals surface area contributed by atoms with Crippen molar-refractivity contribution in [2.24, 2.45) is 23.5 Å². The molecule has 3 aliphatic heterocycles. The molecule has 0 aromatic carbocycles. The minimum Gasteiger partial charge on any atom is -0.369 e. The number of hydrogen-bond donors (Lipinski definition) is 2. The lowest BCUT2D eigenvalue weighted by molar-refractivity contribution is -0.123. The Morgan fingerprint density at radius 2 is 2.10 bits per heavy atom. The molecule has 3 unspecified atom stereocenters. The fourth-order valence-corrected chi connectivity index (χ4v) is 5.33. The molecule has 0 aromatic heterocycles. The quantitative estimate of drug-likeness (QED) is 0.795.